The van der Waals surface area contributed by atoms with Crippen molar-refractivity contribution in [3.63, 3.8) is 0 Å². The van der Waals surface area contributed by atoms with Crippen LogP contribution in [0.3, 0.4) is 0 Å². The Labute approximate surface area is 97.5 Å². The highest BCUT2D eigenvalue weighted by molar-refractivity contribution is 5.32. The molecule has 0 spiro atoms. The third-order valence-corrected chi connectivity index (χ3v) is 3.46. The second-order valence-electron chi connectivity index (χ2n) is 4.83. The quantitative estimate of drug-likeness (QED) is 0.794. The Morgan fingerprint density at radius 3 is 2.94 bits per heavy atom. The van der Waals surface area contributed by atoms with Gasteiger partial charge in [0.2, 0.25) is 0 Å². The van der Waals surface area contributed by atoms with Crippen molar-refractivity contribution in [2.45, 2.75) is 32.7 Å². The molecule has 0 bridgehead atoms. The molecule has 1 aliphatic rings. The fourth-order valence-electron chi connectivity index (χ4n) is 2.42. The van der Waals surface area contributed by atoms with Crippen LogP contribution < -0.4 is 11.1 Å². The third kappa shape index (κ3) is 2.73. The molecule has 3 N–H and O–H groups in total. The van der Waals surface area contributed by atoms with Crippen LogP contribution in [0.2, 0.25) is 0 Å². The number of nitrogens with zero attached hydrogens (tertiary/aromatic N) is 1. The van der Waals surface area contributed by atoms with Crippen LogP contribution in [0.15, 0.2) is 18.3 Å². The number of likely N-dealkylation sites (N-methyl/N-ethyl adjacent to an activating group) is 1. The van der Waals surface area contributed by atoms with Crippen LogP contribution in [0, 0.1) is 11.8 Å². The number of hydrogen-bond donors (Lipinski definition) is 2. The molecule has 1 aromatic rings. The van der Waals surface area contributed by atoms with E-state index < -0.39 is 0 Å². The third-order valence-electron chi connectivity index (χ3n) is 3.46. The van der Waals surface area contributed by atoms with E-state index in [9.17, 15) is 0 Å². The predicted octanol–water partition coefficient (Wildman–Crippen LogP) is 1.84. The van der Waals surface area contributed by atoms with Crippen molar-refractivity contribution in [2.75, 3.05) is 12.3 Å². The maximum atomic E-state index is 5.70. The van der Waals surface area contributed by atoms with Gasteiger partial charge in [-0.25, -0.2) is 4.98 Å². The highest BCUT2D eigenvalue weighted by atomic mass is 14.9. The van der Waals surface area contributed by atoms with Gasteiger partial charge in [-0.3, -0.25) is 0 Å². The topological polar surface area (TPSA) is 50.9 Å². The summed E-state index contributed by atoms with van der Waals surface area (Å²) in [5.74, 6) is 2.34. The average Bonchev–Trinajstić information content (AvgIpc) is 2.95. The Bertz CT molecular complexity index is 351. The molecule has 0 aromatic carbocycles. The molecule has 1 saturated carbocycles. The minimum atomic E-state index is 0.599. The standard InChI is InChI=1S/C13H21N3/c1-3-15-12(11-6-9(11)2)7-10-4-5-16-13(14)8-10/h4-5,8-9,11-12,15H,3,6-7H2,1-2H3,(H2,14,16). The van der Waals surface area contributed by atoms with E-state index in [2.05, 4.69) is 30.2 Å². The highest BCUT2D eigenvalue weighted by Crippen LogP contribution is 2.41. The Kier molecular flexibility index (Phi) is 3.44. The molecule has 3 nitrogen and oxygen atoms in total. The Morgan fingerprint density at radius 1 is 1.62 bits per heavy atom. The Morgan fingerprint density at radius 2 is 2.38 bits per heavy atom. The molecular formula is C13H21N3. The van der Waals surface area contributed by atoms with Gasteiger partial charge in [0.05, 0.1) is 0 Å². The maximum absolute atomic E-state index is 5.70. The van der Waals surface area contributed by atoms with Gasteiger partial charge in [-0.1, -0.05) is 13.8 Å². The number of hydrogen-bond acceptors (Lipinski definition) is 3. The summed E-state index contributed by atoms with van der Waals surface area (Å²) in [6, 6.07) is 4.65. The van der Waals surface area contributed by atoms with E-state index in [0.29, 0.717) is 11.9 Å². The van der Waals surface area contributed by atoms with E-state index in [-0.39, 0.29) is 0 Å². The van der Waals surface area contributed by atoms with Crippen molar-refractivity contribution in [3.05, 3.63) is 23.9 Å². The molecule has 2 rings (SSSR count). The smallest absolute Gasteiger partial charge is 0.123 e. The number of nitrogen functional groups attached to an aromatic ring is 1. The van der Waals surface area contributed by atoms with Crippen molar-refractivity contribution >= 4 is 5.82 Å². The molecular weight excluding hydrogens is 198 g/mol. The highest BCUT2D eigenvalue weighted by Gasteiger charge is 2.38. The summed E-state index contributed by atoms with van der Waals surface area (Å²) < 4.78 is 0. The van der Waals surface area contributed by atoms with E-state index in [1.54, 1.807) is 6.20 Å². The van der Waals surface area contributed by atoms with Crippen LogP contribution in [0.25, 0.3) is 0 Å². The number of rotatable bonds is 5. The minimum absolute atomic E-state index is 0.599. The lowest BCUT2D eigenvalue weighted by molar-refractivity contribution is 0.454. The van der Waals surface area contributed by atoms with Crippen LogP contribution in [0.4, 0.5) is 5.82 Å². The lowest BCUT2D eigenvalue weighted by Crippen LogP contribution is -2.33. The van der Waals surface area contributed by atoms with E-state index in [4.69, 9.17) is 5.73 Å². The van der Waals surface area contributed by atoms with Crippen molar-refractivity contribution in [1.82, 2.24) is 10.3 Å². The van der Waals surface area contributed by atoms with Crippen LogP contribution >= 0.6 is 0 Å². The number of nitrogens with two attached hydrogens (primary N) is 1. The van der Waals surface area contributed by atoms with E-state index in [1.165, 1.54) is 12.0 Å². The van der Waals surface area contributed by atoms with Crippen molar-refractivity contribution in [2.24, 2.45) is 11.8 Å². The van der Waals surface area contributed by atoms with Crippen molar-refractivity contribution < 1.29 is 0 Å². The summed E-state index contributed by atoms with van der Waals surface area (Å²) in [6.07, 6.45) is 4.22. The Hall–Kier alpha value is -1.09. The molecule has 1 aromatic heterocycles. The number of nitrogens with one attached hydrogen (secondary N) is 1. The zero-order chi connectivity index (χ0) is 11.5. The summed E-state index contributed by atoms with van der Waals surface area (Å²) >= 11 is 0. The van der Waals surface area contributed by atoms with E-state index in [1.807, 2.05) is 6.07 Å². The molecule has 0 aliphatic heterocycles. The fourth-order valence-corrected chi connectivity index (χ4v) is 2.42. The molecule has 1 fully saturated rings. The second-order valence-corrected chi connectivity index (χ2v) is 4.83. The summed E-state index contributed by atoms with van der Waals surface area (Å²) in [4.78, 5) is 4.03. The van der Waals surface area contributed by atoms with Crippen molar-refractivity contribution in [3.8, 4) is 0 Å². The van der Waals surface area contributed by atoms with E-state index >= 15 is 0 Å². The average molecular weight is 219 g/mol. The van der Waals surface area contributed by atoms with Gasteiger partial charge < -0.3 is 11.1 Å². The lowest BCUT2D eigenvalue weighted by Gasteiger charge is -2.17. The fraction of sp³-hybridized carbons (Fsp3) is 0.615. The summed E-state index contributed by atoms with van der Waals surface area (Å²) in [5.41, 5.74) is 6.99. The Balaban J connectivity index is 1.99. The zero-order valence-corrected chi connectivity index (χ0v) is 10.1. The molecule has 3 atom stereocenters. The molecule has 88 valence electrons. The van der Waals surface area contributed by atoms with Crippen molar-refractivity contribution in [1.29, 1.82) is 0 Å². The number of aromatic nitrogens is 1. The molecule has 16 heavy (non-hydrogen) atoms. The van der Waals surface area contributed by atoms with Gasteiger partial charge in [-0.05, 0) is 48.9 Å². The molecule has 1 heterocycles. The first-order valence-corrected chi connectivity index (χ1v) is 6.14. The van der Waals surface area contributed by atoms with Gasteiger partial charge in [-0.15, -0.1) is 0 Å². The SMILES string of the molecule is CCNC(Cc1ccnc(N)c1)C1CC1C. The normalized spacial score (nSPS) is 25.4. The van der Waals surface area contributed by atoms with Gasteiger partial charge >= 0.3 is 0 Å². The summed E-state index contributed by atoms with van der Waals surface area (Å²) in [6.45, 7) is 5.53. The number of anilines is 1. The summed E-state index contributed by atoms with van der Waals surface area (Å²) in [5, 5.41) is 3.58. The first-order valence-electron chi connectivity index (χ1n) is 6.14. The number of pyridine rings is 1. The lowest BCUT2D eigenvalue weighted by atomic mass is 10.0. The van der Waals surface area contributed by atoms with Gasteiger partial charge in [0, 0.05) is 12.2 Å². The van der Waals surface area contributed by atoms with Gasteiger partial charge in [-0.2, -0.15) is 0 Å². The van der Waals surface area contributed by atoms with Crippen LogP contribution in [0.1, 0.15) is 25.8 Å². The molecule has 0 radical (unpaired) electrons. The first kappa shape index (κ1) is 11.4. The second kappa shape index (κ2) is 4.83. The van der Waals surface area contributed by atoms with Gasteiger partial charge in [0.1, 0.15) is 5.82 Å². The first-order chi connectivity index (χ1) is 7.70. The monoisotopic (exact) mass is 219 g/mol. The van der Waals surface area contributed by atoms with Crippen LogP contribution in [-0.2, 0) is 6.42 Å². The zero-order valence-electron chi connectivity index (χ0n) is 10.1. The molecule has 3 heteroatoms. The van der Waals surface area contributed by atoms with Crippen LogP contribution in [-0.4, -0.2) is 17.6 Å². The van der Waals surface area contributed by atoms with E-state index in [0.717, 1.165) is 24.8 Å². The largest absolute Gasteiger partial charge is 0.384 e. The summed E-state index contributed by atoms with van der Waals surface area (Å²) in [7, 11) is 0. The predicted molar refractivity (Wildman–Crippen MR) is 67.1 cm³/mol. The maximum Gasteiger partial charge on any atom is 0.123 e. The molecule has 1 aliphatic carbocycles. The molecule has 3 unspecified atom stereocenters. The van der Waals surface area contributed by atoms with Crippen LogP contribution in [0.5, 0.6) is 0 Å². The molecule has 0 saturated heterocycles. The molecule has 0 amide bonds. The van der Waals surface area contributed by atoms with Gasteiger partial charge in [0.25, 0.3) is 0 Å². The van der Waals surface area contributed by atoms with Gasteiger partial charge in [0.15, 0.2) is 0 Å². The minimum Gasteiger partial charge on any atom is -0.384 e.